The van der Waals surface area contributed by atoms with Crippen LogP contribution in [0.4, 0.5) is 0 Å². The maximum absolute atomic E-state index is 6.27. The van der Waals surface area contributed by atoms with Crippen LogP contribution in [0.5, 0.6) is 0 Å². The fourth-order valence-electron chi connectivity index (χ4n) is 13.5. The molecular formula is C96H88B3BrN6O6. The van der Waals surface area contributed by atoms with Crippen LogP contribution in [0.25, 0.3) is 135 Å². The Kier molecular flexibility index (Phi) is 21.6. The maximum atomic E-state index is 6.27. The van der Waals surface area contributed by atoms with Crippen molar-refractivity contribution in [2.75, 3.05) is 0 Å². The summed E-state index contributed by atoms with van der Waals surface area (Å²) in [6.07, 6.45) is 0. The Labute approximate surface area is 667 Å². The van der Waals surface area contributed by atoms with Gasteiger partial charge >= 0.3 is 21.1 Å². The average Bonchev–Trinajstić information content (AvgIpc) is 1.58. The highest BCUT2D eigenvalue weighted by atomic mass is 79.9. The molecule has 2 aromatic heterocycles. The van der Waals surface area contributed by atoms with E-state index >= 15 is 0 Å². The lowest BCUT2D eigenvalue weighted by Gasteiger charge is -2.32. The van der Waals surface area contributed by atoms with Crippen molar-refractivity contribution in [1.82, 2.24) is 29.9 Å². The van der Waals surface area contributed by atoms with E-state index in [-0.39, 0.29) is 40.7 Å². The topological polar surface area (TPSA) is 133 Å². The van der Waals surface area contributed by atoms with Crippen LogP contribution in [0.1, 0.15) is 83.1 Å². The molecule has 0 spiro atoms. The molecule has 0 aliphatic carbocycles. The van der Waals surface area contributed by atoms with Gasteiger partial charge in [0.05, 0.1) is 33.6 Å². The summed E-state index contributed by atoms with van der Waals surface area (Å²) >= 11 is 3.54. The van der Waals surface area contributed by atoms with E-state index in [9.17, 15) is 0 Å². The molecule has 0 unspecified atom stereocenters. The molecule has 0 N–H and O–H groups in total. The van der Waals surface area contributed by atoms with Gasteiger partial charge in [-0.15, -0.1) is 0 Å². The highest BCUT2D eigenvalue weighted by Crippen LogP contribution is 2.44. The second kappa shape index (κ2) is 31.7. The van der Waals surface area contributed by atoms with Crippen LogP contribution in [0.15, 0.2) is 320 Å². The van der Waals surface area contributed by atoms with E-state index < -0.39 is 14.0 Å². The summed E-state index contributed by atoms with van der Waals surface area (Å²) in [6, 6.07) is 109. The van der Waals surface area contributed by atoms with Crippen LogP contribution in [0, 0.1) is 0 Å². The van der Waals surface area contributed by atoms with Gasteiger partial charge < -0.3 is 27.9 Å². The van der Waals surface area contributed by atoms with E-state index in [1.165, 1.54) is 22.3 Å². The van der Waals surface area contributed by atoms with Gasteiger partial charge in [-0.3, -0.25) is 0 Å². The third-order valence-electron chi connectivity index (χ3n) is 22.2. The van der Waals surface area contributed by atoms with E-state index in [2.05, 4.69) is 286 Å². The summed E-state index contributed by atoms with van der Waals surface area (Å²) < 4.78 is 37.5. The van der Waals surface area contributed by atoms with Gasteiger partial charge in [0.15, 0.2) is 34.9 Å². The minimum absolute atomic E-state index is 0.360. The highest BCUT2D eigenvalue weighted by molar-refractivity contribution is 9.10. The monoisotopic (exact) mass is 1530 g/mol. The molecule has 0 atom stereocenters. The summed E-state index contributed by atoms with van der Waals surface area (Å²) in [4.78, 5) is 29.8. The van der Waals surface area contributed by atoms with E-state index in [1.807, 2.05) is 128 Å². The lowest BCUT2D eigenvalue weighted by Crippen LogP contribution is -2.41. The Hall–Kier alpha value is -10.9. The van der Waals surface area contributed by atoms with E-state index in [1.54, 1.807) is 0 Å². The van der Waals surface area contributed by atoms with E-state index in [0.29, 0.717) is 34.9 Å². The third kappa shape index (κ3) is 16.8. The zero-order chi connectivity index (χ0) is 78.0. The summed E-state index contributed by atoms with van der Waals surface area (Å²) in [7, 11) is -1.34. The predicted molar refractivity (Wildman–Crippen MR) is 460 cm³/mol. The number of hydrogen-bond donors (Lipinski definition) is 0. The molecule has 5 heterocycles. The molecular weight excluding hydrogens is 1450 g/mol. The SMILES string of the molecule is Brc1ccc(-c2cccc(-c3cccc(-c4nc(-c5ccccc5)nc(-c5ccc(-c6ccccc6)cc5)n4)c3)c2)cc1.CC1(C)OB(B2OC(C)(C)C(C)(C)O2)OC1(C)C.CC1(C)OB(c2ccc(-c3cccc(-c4cccc(-c5nc(-c6ccccc6)nc(-c6ccc(-c7ccccc7)cc6)n5)c4)c3)cc2)OC1(C)C. The van der Waals surface area contributed by atoms with Gasteiger partial charge in [0.2, 0.25) is 0 Å². The largest absolute Gasteiger partial charge is 0.494 e. The van der Waals surface area contributed by atoms with Crippen molar-refractivity contribution in [3.8, 4) is 135 Å². The van der Waals surface area contributed by atoms with Crippen LogP contribution in [-0.2, 0) is 27.9 Å². The zero-order valence-corrected chi connectivity index (χ0v) is 66.9. The van der Waals surface area contributed by atoms with Crippen LogP contribution in [0.3, 0.4) is 0 Å². The third-order valence-corrected chi connectivity index (χ3v) is 22.7. The van der Waals surface area contributed by atoms with Gasteiger partial charge in [0, 0.05) is 37.9 Å². The molecule has 3 aliphatic heterocycles. The molecule has 0 saturated carbocycles. The minimum Gasteiger partial charge on any atom is -0.405 e. The Morgan fingerprint density at radius 3 is 0.688 bits per heavy atom. The smallest absolute Gasteiger partial charge is 0.405 e. The molecule has 3 fully saturated rings. The number of rotatable bonds is 14. The fourth-order valence-corrected chi connectivity index (χ4v) is 13.7. The van der Waals surface area contributed by atoms with Gasteiger partial charge in [-0.05, 0) is 192 Å². The minimum atomic E-state index is -0.476. The molecule has 12 nitrogen and oxygen atoms in total. The Morgan fingerprint density at radius 2 is 0.384 bits per heavy atom. The highest BCUT2D eigenvalue weighted by Gasteiger charge is 2.64. The molecule has 3 aliphatic rings. The first-order valence-electron chi connectivity index (χ1n) is 38.1. The molecule has 112 heavy (non-hydrogen) atoms. The second-order valence-electron chi connectivity index (χ2n) is 31.5. The molecule has 17 rings (SSSR count). The van der Waals surface area contributed by atoms with Crippen molar-refractivity contribution in [2.45, 2.75) is 117 Å². The van der Waals surface area contributed by atoms with Gasteiger partial charge in [-0.25, -0.2) is 29.9 Å². The van der Waals surface area contributed by atoms with Crippen molar-refractivity contribution < 1.29 is 27.9 Å². The molecule has 0 amide bonds. The second-order valence-corrected chi connectivity index (χ2v) is 32.4. The van der Waals surface area contributed by atoms with Crippen LogP contribution >= 0.6 is 15.9 Å². The van der Waals surface area contributed by atoms with Crippen LogP contribution in [-0.4, -0.2) is 84.6 Å². The molecule has 3 saturated heterocycles. The van der Waals surface area contributed by atoms with E-state index in [0.717, 1.165) is 87.8 Å². The molecule has 14 aromatic rings. The van der Waals surface area contributed by atoms with Crippen molar-refractivity contribution in [1.29, 1.82) is 0 Å². The first-order chi connectivity index (χ1) is 53.8. The summed E-state index contributed by atoms with van der Waals surface area (Å²) in [5.41, 5.74) is 18.1. The van der Waals surface area contributed by atoms with Crippen molar-refractivity contribution >= 4 is 42.5 Å². The Balaban J connectivity index is 0.000000147. The van der Waals surface area contributed by atoms with Gasteiger partial charge in [-0.2, -0.15) is 0 Å². The van der Waals surface area contributed by atoms with Crippen molar-refractivity contribution in [2.24, 2.45) is 0 Å². The van der Waals surface area contributed by atoms with Crippen molar-refractivity contribution in [3.63, 3.8) is 0 Å². The zero-order valence-electron chi connectivity index (χ0n) is 65.3. The molecule has 0 bridgehead atoms. The first-order valence-corrected chi connectivity index (χ1v) is 38.9. The summed E-state index contributed by atoms with van der Waals surface area (Å²) in [5.74, 6) is 3.83. The van der Waals surface area contributed by atoms with Gasteiger partial charge in [-0.1, -0.05) is 295 Å². The number of nitrogens with zero attached hydrogens (tertiary/aromatic N) is 6. The molecule has 16 heteroatoms. The molecule has 554 valence electrons. The predicted octanol–water partition coefficient (Wildman–Crippen LogP) is 23.1. The number of halogens is 1. The summed E-state index contributed by atoms with van der Waals surface area (Å²) in [5, 5.41) is 0. The van der Waals surface area contributed by atoms with Gasteiger partial charge in [0.25, 0.3) is 0 Å². The lowest BCUT2D eigenvalue weighted by molar-refractivity contribution is 0.00578. The number of benzene rings is 12. The normalized spacial score (nSPS) is 16.1. The maximum Gasteiger partial charge on any atom is 0.494 e. The Bertz CT molecular complexity index is 5550. The fraction of sp³-hybridized carbons (Fsp3) is 0.188. The average molecular weight is 1530 g/mol. The Morgan fingerprint density at radius 1 is 0.196 bits per heavy atom. The molecule has 12 aromatic carbocycles. The number of hydrogen-bond acceptors (Lipinski definition) is 12. The van der Waals surface area contributed by atoms with Crippen molar-refractivity contribution in [3.05, 3.63) is 320 Å². The van der Waals surface area contributed by atoms with Gasteiger partial charge in [0.1, 0.15) is 0 Å². The number of aromatic nitrogens is 6. The van der Waals surface area contributed by atoms with E-state index in [4.69, 9.17) is 57.8 Å². The summed E-state index contributed by atoms with van der Waals surface area (Å²) in [6.45, 7) is 24.5. The molecule has 0 radical (unpaired) electrons. The first kappa shape index (κ1) is 76.5. The van der Waals surface area contributed by atoms with Crippen LogP contribution < -0.4 is 5.46 Å². The quantitative estimate of drug-likeness (QED) is 0.0960. The van der Waals surface area contributed by atoms with Crippen LogP contribution in [0.2, 0.25) is 0 Å². The lowest BCUT2D eigenvalue weighted by atomic mass is 9.49. The standard InChI is InChI=1S/C45H38BN3O2.C39H26BrN3.C12H24B2O4/c1-44(2)45(3,4)51-46(50-44)40-27-25-33(26-28-40)36-17-11-18-37(29-36)38-19-12-20-39(30-38)43-48-41(34-15-9-6-10-16-34)47-42(49-43)35-23-21-32(22-24-35)31-13-7-5-8-14-31;40-36-23-21-29(22-24-36)32-13-7-14-33(25-32)34-15-8-16-35(26-34)39-42-37(30-11-5-2-6-12-30)41-38(43-39)31-19-17-28(18-20-31)27-9-3-1-4-10-27;1-9(2)10(3,4)16-13(15-9)14-17-11(5,6)12(7,8)18-14/h5-30H,1-4H3;1-26H;1-8H3.